The van der Waals surface area contributed by atoms with Crippen LogP contribution in [0.4, 0.5) is 13.2 Å². The molecular formula is C9H16F3NO. The Morgan fingerprint density at radius 2 is 1.79 bits per heavy atom. The van der Waals surface area contributed by atoms with E-state index in [1.807, 2.05) is 0 Å². The van der Waals surface area contributed by atoms with Gasteiger partial charge in [-0.1, -0.05) is 0 Å². The first kappa shape index (κ1) is 15.7. The quantitative estimate of drug-likeness (QED) is 0.566. The third-order valence-electron chi connectivity index (χ3n) is 1.44. The monoisotopic (exact) mass is 211 g/mol. The Hall–Kier alpha value is -0.730. The molecule has 2 nitrogen and oxygen atoms in total. The summed E-state index contributed by atoms with van der Waals surface area (Å²) in [6.45, 7) is 1.51. The standard InChI is InChI=1S/C6H13NO.C2H2.CHF3/c1-6-5-7(2)3-4-8-6;1-2;2-1(3)4/h6H,3-5H2,1-2H3;1-2H;1H/t6-;;/m0../s1. The van der Waals surface area contributed by atoms with Crippen LogP contribution in [0.2, 0.25) is 0 Å². The van der Waals surface area contributed by atoms with Gasteiger partial charge < -0.3 is 9.64 Å². The summed E-state index contributed by atoms with van der Waals surface area (Å²) in [5, 5.41) is 0. The van der Waals surface area contributed by atoms with Gasteiger partial charge in [-0.15, -0.1) is 12.8 Å². The minimum Gasteiger partial charge on any atom is -0.376 e. The molecule has 1 aliphatic rings. The Morgan fingerprint density at radius 1 is 1.36 bits per heavy atom. The zero-order valence-electron chi connectivity index (χ0n) is 8.42. The summed E-state index contributed by atoms with van der Waals surface area (Å²) in [5.74, 6) is 0. The van der Waals surface area contributed by atoms with Gasteiger partial charge in [-0.2, -0.15) is 13.2 Å². The maximum Gasteiger partial charge on any atom is 0.379 e. The number of nitrogens with zero attached hydrogens (tertiary/aromatic N) is 1. The molecule has 1 rings (SSSR count). The van der Waals surface area contributed by atoms with Crippen LogP contribution in [-0.4, -0.2) is 44.4 Å². The van der Waals surface area contributed by atoms with Crippen LogP contribution < -0.4 is 0 Å². The Balaban J connectivity index is 0. The molecule has 1 aliphatic heterocycles. The second-order valence-electron chi connectivity index (χ2n) is 2.69. The van der Waals surface area contributed by atoms with Crippen LogP contribution in [-0.2, 0) is 4.74 Å². The van der Waals surface area contributed by atoms with Crippen molar-refractivity contribution in [3.8, 4) is 12.8 Å². The van der Waals surface area contributed by atoms with Gasteiger partial charge in [0.05, 0.1) is 12.7 Å². The van der Waals surface area contributed by atoms with Gasteiger partial charge in [0, 0.05) is 13.1 Å². The van der Waals surface area contributed by atoms with E-state index in [1.165, 1.54) is 0 Å². The van der Waals surface area contributed by atoms with E-state index in [-0.39, 0.29) is 0 Å². The summed E-state index contributed by atoms with van der Waals surface area (Å²) in [4.78, 5) is 2.29. The summed E-state index contributed by atoms with van der Waals surface area (Å²) in [5.41, 5.74) is 0. The summed E-state index contributed by atoms with van der Waals surface area (Å²) >= 11 is 0. The highest BCUT2D eigenvalue weighted by Crippen LogP contribution is 1.99. The van der Waals surface area contributed by atoms with Gasteiger partial charge in [0.2, 0.25) is 0 Å². The summed E-state index contributed by atoms with van der Waals surface area (Å²) in [6, 6.07) is 0. The van der Waals surface area contributed by atoms with Crippen molar-refractivity contribution in [2.75, 3.05) is 26.7 Å². The van der Waals surface area contributed by atoms with E-state index in [2.05, 4.69) is 31.7 Å². The van der Waals surface area contributed by atoms with E-state index in [0.717, 1.165) is 19.7 Å². The fraction of sp³-hybridized carbons (Fsp3) is 0.778. The smallest absolute Gasteiger partial charge is 0.376 e. The highest BCUT2D eigenvalue weighted by atomic mass is 19.4. The van der Waals surface area contributed by atoms with Crippen molar-refractivity contribution in [2.24, 2.45) is 0 Å². The first-order chi connectivity index (χ1) is 6.52. The molecule has 5 heteroatoms. The van der Waals surface area contributed by atoms with E-state index >= 15 is 0 Å². The number of morpholine rings is 1. The molecule has 0 aromatic heterocycles. The van der Waals surface area contributed by atoms with E-state index in [0.29, 0.717) is 6.10 Å². The minimum absolute atomic E-state index is 0.439. The van der Waals surface area contributed by atoms with E-state index < -0.39 is 6.68 Å². The largest absolute Gasteiger partial charge is 0.379 e. The Kier molecular flexibility index (Phi) is 11.6. The zero-order chi connectivity index (χ0) is 11.6. The van der Waals surface area contributed by atoms with Crippen LogP contribution in [0.3, 0.4) is 0 Å². The second kappa shape index (κ2) is 10.4. The average molecular weight is 211 g/mol. The molecule has 0 N–H and O–H groups in total. The Morgan fingerprint density at radius 3 is 2.00 bits per heavy atom. The van der Waals surface area contributed by atoms with E-state index in [4.69, 9.17) is 4.74 Å². The normalized spacial score (nSPS) is 21.6. The third-order valence-corrected chi connectivity index (χ3v) is 1.44. The maximum atomic E-state index is 9.67. The minimum atomic E-state index is -3.67. The lowest BCUT2D eigenvalue weighted by Gasteiger charge is -2.27. The predicted molar refractivity (Wildman–Crippen MR) is 49.9 cm³/mol. The lowest BCUT2D eigenvalue weighted by Crippen LogP contribution is -2.38. The molecular weight excluding hydrogens is 195 g/mol. The topological polar surface area (TPSA) is 12.5 Å². The number of hydrogen-bond acceptors (Lipinski definition) is 2. The van der Waals surface area contributed by atoms with Gasteiger partial charge >= 0.3 is 6.68 Å². The van der Waals surface area contributed by atoms with Gasteiger partial charge in [-0.3, -0.25) is 0 Å². The van der Waals surface area contributed by atoms with Gasteiger partial charge in [0.1, 0.15) is 0 Å². The first-order valence-corrected chi connectivity index (χ1v) is 4.08. The molecule has 0 saturated carbocycles. The van der Waals surface area contributed by atoms with Gasteiger partial charge in [-0.25, -0.2) is 0 Å². The maximum absolute atomic E-state index is 9.67. The van der Waals surface area contributed by atoms with Crippen LogP contribution in [0.1, 0.15) is 6.92 Å². The van der Waals surface area contributed by atoms with Crippen LogP contribution >= 0.6 is 0 Å². The molecule has 0 aromatic rings. The molecule has 0 unspecified atom stereocenters. The molecule has 0 amide bonds. The Bertz CT molecular complexity index is 131. The fourth-order valence-corrected chi connectivity index (χ4v) is 0.993. The van der Waals surface area contributed by atoms with E-state index in [9.17, 15) is 13.2 Å². The predicted octanol–water partition coefficient (Wildman–Crippen LogP) is 1.76. The summed E-state index contributed by atoms with van der Waals surface area (Å²) < 4.78 is 34.3. The van der Waals surface area contributed by atoms with E-state index in [1.54, 1.807) is 0 Å². The van der Waals surface area contributed by atoms with Crippen molar-refractivity contribution >= 4 is 0 Å². The zero-order valence-corrected chi connectivity index (χ0v) is 8.42. The van der Waals surface area contributed by atoms with Crippen LogP contribution in [0.5, 0.6) is 0 Å². The molecule has 1 fully saturated rings. The van der Waals surface area contributed by atoms with Gasteiger partial charge in [0.25, 0.3) is 0 Å². The van der Waals surface area contributed by atoms with Crippen molar-refractivity contribution in [1.82, 2.24) is 4.90 Å². The molecule has 84 valence electrons. The number of ether oxygens (including phenoxy) is 1. The summed E-state index contributed by atoms with van der Waals surface area (Å²) in [7, 11) is 2.12. The van der Waals surface area contributed by atoms with Gasteiger partial charge in [0.15, 0.2) is 0 Å². The molecule has 0 bridgehead atoms. The average Bonchev–Trinajstić information content (AvgIpc) is 2.06. The molecule has 1 heterocycles. The SMILES string of the molecule is C#C.C[C@H]1CN(C)CCO1.FC(F)F. The lowest BCUT2D eigenvalue weighted by atomic mass is 10.3. The van der Waals surface area contributed by atoms with Crippen LogP contribution in [0.25, 0.3) is 0 Å². The summed E-state index contributed by atoms with van der Waals surface area (Å²) in [6.07, 6.45) is 8.44. The Labute approximate surface area is 83.0 Å². The lowest BCUT2D eigenvalue weighted by molar-refractivity contribution is -0.00862. The van der Waals surface area contributed by atoms with Crippen molar-refractivity contribution < 1.29 is 17.9 Å². The second-order valence-corrected chi connectivity index (χ2v) is 2.69. The number of likely N-dealkylation sites (N-methyl/N-ethyl adjacent to an activating group) is 1. The number of hydrogen-bond donors (Lipinski definition) is 0. The highest BCUT2D eigenvalue weighted by Gasteiger charge is 2.11. The van der Waals surface area contributed by atoms with Gasteiger partial charge in [-0.05, 0) is 14.0 Å². The molecule has 14 heavy (non-hydrogen) atoms. The number of rotatable bonds is 0. The van der Waals surface area contributed by atoms with Crippen molar-refractivity contribution in [1.29, 1.82) is 0 Å². The molecule has 0 spiro atoms. The highest BCUT2D eigenvalue weighted by molar-refractivity contribution is 4.62. The third kappa shape index (κ3) is 13.8. The molecule has 1 atom stereocenters. The molecule has 0 aliphatic carbocycles. The first-order valence-electron chi connectivity index (χ1n) is 4.08. The number of halogens is 3. The van der Waals surface area contributed by atoms with Crippen LogP contribution in [0.15, 0.2) is 0 Å². The van der Waals surface area contributed by atoms with Crippen molar-refractivity contribution in [3.63, 3.8) is 0 Å². The number of alkyl halides is 3. The molecule has 0 aromatic carbocycles. The number of terminal acetylenes is 1. The van der Waals surface area contributed by atoms with Crippen molar-refractivity contribution in [2.45, 2.75) is 19.7 Å². The van der Waals surface area contributed by atoms with Crippen LogP contribution in [0, 0.1) is 12.8 Å². The van der Waals surface area contributed by atoms with Crippen molar-refractivity contribution in [3.05, 3.63) is 0 Å². The fourth-order valence-electron chi connectivity index (χ4n) is 0.993. The molecule has 1 saturated heterocycles. The molecule has 0 radical (unpaired) electrons.